The predicted octanol–water partition coefficient (Wildman–Crippen LogP) is 2.29. The van der Waals surface area contributed by atoms with E-state index in [1.54, 1.807) is 4.68 Å². The minimum absolute atomic E-state index is 0.0992. The number of azide groups is 1. The summed E-state index contributed by atoms with van der Waals surface area (Å²) in [7, 11) is 0. The lowest BCUT2D eigenvalue weighted by atomic mass is 10.2. The van der Waals surface area contributed by atoms with Crippen molar-refractivity contribution in [3.05, 3.63) is 27.9 Å². The number of nitrogens with zero attached hydrogens (tertiary/aromatic N) is 5. The lowest BCUT2D eigenvalue weighted by Gasteiger charge is -2.05. The van der Waals surface area contributed by atoms with E-state index in [0.717, 1.165) is 25.0 Å². The SMILES string of the molecule is CCc1cc(C(=O)NCCCCN=[N+]=[N-])n(CC)n1. The molecule has 0 atom stereocenters. The molecule has 0 unspecified atom stereocenters. The maximum absolute atomic E-state index is 12.0. The smallest absolute Gasteiger partial charge is 0.269 e. The highest BCUT2D eigenvalue weighted by molar-refractivity contribution is 5.92. The van der Waals surface area contributed by atoms with Gasteiger partial charge in [-0.05, 0) is 37.8 Å². The molecule has 0 fully saturated rings. The minimum Gasteiger partial charge on any atom is -0.351 e. The fourth-order valence-corrected chi connectivity index (χ4v) is 1.71. The molecule has 0 bridgehead atoms. The summed E-state index contributed by atoms with van der Waals surface area (Å²) in [6.45, 7) is 5.71. The molecule has 0 aliphatic carbocycles. The number of carbonyl (C=O) groups excluding carboxylic acids is 1. The first-order valence-electron chi connectivity index (χ1n) is 6.58. The average molecular weight is 264 g/mol. The third-order valence-corrected chi connectivity index (χ3v) is 2.76. The second-order valence-electron chi connectivity index (χ2n) is 4.11. The van der Waals surface area contributed by atoms with Crippen molar-refractivity contribution in [3.63, 3.8) is 0 Å². The van der Waals surface area contributed by atoms with E-state index in [0.29, 0.717) is 25.3 Å². The van der Waals surface area contributed by atoms with E-state index in [1.807, 2.05) is 19.9 Å². The second kappa shape index (κ2) is 8.16. The number of nitrogens with one attached hydrogen (secondary N) is 1. The lowest BCUT2D eigenvalue weighted by molar-refractivity contribution is 0.0942. The molecule has 0 aliphatic heterocycles. The largest absolute Gasteiger partial charge is 0.351 e. The van der Waals surface area contributed by atoms with Crippen molar-refractivity contribution in [2.75, 3.05) is 13.1 Å². The van der Waals surface area contributed by atoms with Crippen LogP contribution in [0.2, 0.25) is 0 Å². The molecule has 0 spiro atoms. The van der Waals surface area contributed by atoms with Crippen LogP contribution >= 0.6 is 0 Å². The van der Waals surface area contributed by atoms with Crippen LogP contribution in [0.1, 0.15) is 42.9 Å². The Labute approximate surface area is 112 Å². The van der Waals surface area contributed by atoms with Gasteiger partial charge in [-0.2, -0.15) is 5.10 Å². The first kappa shape index (κ1) is 15.0. The lowest BCUT2D eigenvalue weighted by Crippen LogP contribution is -2.27. The molecule has 0 saturated heterocycles. The molecule has 0 radical (unpaired) electrons. The predicted molar refractivity (Wildman–Crippen MR) is 72.9 cm³/mol. The normalized spacial score (nSPS) is 10.0. The Morgan fingerprint density at radius 3 is 2.95 bits per heavy atom. The van der Waals surface area contributed by atoms with Gasteiger partial charge in [-0.15, -0.1) is 0 Å². The highest BCUT2D eigenvalue weighted by atomic mass is 16.2. The van der Waals surface area contributed by atoms with Gasteiger partial charge in [-0.1, -0.05) is 12.0 Å². The summed E-state index contributed by atoms with van der Waals surface area (Å²) in [4.78, 5) is 14.7. The Bertz CT molecular complexity index is 461. The summed E-state index contributed by atoms with van der Waals surface area (Å²) in [5.41, 5.74) is 9.65. The number of aryl methyl sites for hydroxylation is 2. The molecule has 0 aliphatic rings. The van der Waals surface area contributed by atoms with Crippen LogP contribution < -0.4 is 5.32 Å². The highest BCUT2D eigenvalue weighted by Crippen LogP contribution is 2.05. The van der Waals surface area contributed by atoms with Gasteiger partial charge < -0.3 is 5.32 Å². The van der Waals surface area contributed by atoms with E-state index >= 15 is 0 Å². The van der Waals surface area contributed by atoms with Crippen LogP contribution in [0, 0.1) is 0 Å². The molecule has 1 aromatic heterocycles. The highest BCUT2D eigenvalue weighted by Gasteiger charge is 2.12. The van der Waals surface area contributed by atoms with Crippen LogP contribution in [0.5, 0.6) is 0 Å². The fourth-order valence-electron chi connectivity index (χ4n) is 1.71. The molecule has 1 heterocycles. The molecule has 1 rings (SSSR count). The third kappa shape index (κ3) is 4.63. The molecule has 7 nitrogen and oxygen atoms in total. The van der Waals surface area contributed by atoms with E-state index in [1.165, 1.54) is 0 Å². The van der Waals surface area contributed by atoms with Crippen molar-refractivity contribution >= 4 is 5.91 Å². The van der Waals surface area contributed by atoms with Gasteiger partial charge in [-0.3, -0.25) is 9.48 Å². The van der Waals surface area contributed by atoms with Crippen molar-refractivity contribution in [2.45, 2.75) is 39.7 Å². The van der Waals surface area contributed by atoms with E-state index < -0.39 is 0 Å². The Hall–Kier alpha value is -2.01. The van der Waals surface area contributed by atoms with Gasteiger partial charge in [0.15, 0.2) is 0 Å². The summed E-state index contributed by atoms with van der Waals surface area (Å²) >= 11 is 0. The van der Waals surface area contributed by atoms with Crippen molar-refractivity contribution in [1.82, 2.24) is 15.1 Å². The molecule has 1 N–H and O–H groups in total. The molecular formula is C12H20N6O. The van der Waals surface area contributed by atoms with E-state index in [9.17, 15) is 4.79 Å². The maximum Gasteiger partial charge on any atom is 0.269 e. The number of rotatable bonds is 8. The van der Waals surface area contributed by atoms with E-state index in [4.69, 9.17) is 5.53 Å². The number of amides is 1. The standard InChI is InChI=1S/C12H20N6O/c1-3-10-9-11(18(4-2)16-10)12(19)14-7-5-6-8-15-17-13/h9H,3-8H2,1-2H3,(H,14,19). The van der Waals surface area contributed by atoms with Gasteiger partial charge >= 0.3 is 0 Å². The summed E-state index contributed by atoms with van der Waals surface area (Å²) in [6.07, 6.45) is 2.39. The molecule has 0 aromatic carbocycles. The molecule has 1 aromatic rings. The van der Waals surface area contributed by atoms with E-state index in [2.05, 4.69) is 20.4 Å². The molecular weight excluding hydrogens is 244 g/mol. The Balaban J connectivity index is 2.44. The van der Waals surface area contributed by atoms with Crippen molar-refractivity contribution in [3.8, 4) is 0 Å². The number of hydrogen-bond donors (Lipinski definition) is 1. The summed E-state index contributed by atoms with van der Waals surface area (Å²) in [5, 5.41) is 10.6. The minimum atomic E-state index is -0.0992. The molecule has 104 valence electrons. The zero-order chi connectivity index (χ0) is 14.1. The average Bonchev–Trinajstić information content (AvgIpc) is 2.86. The summed E-state index contributed by atoms with van der Waals surface area (Å²) in [5.74, 6) is -0.0992. The topological polar surface area (TPSA) is 95.7 Å². The van der Waals surface area contributed by atoms with Crippen LogP contribution in [-0.4, -0.2) is 28.8 Å². The van der Waals surface area contributed by atoms with Crippen LogP contribution in [-0.2, 0) is 13.0 Å². The summed E-state index contributed by atoms with van der Waals surface area (Å²) in [6, 6.07) is 1.83. The number of aromatic nitrogens is 2. The Morgan fingerprint density at radius 1 is 1.53 bits per heavy atom. The van der Waals surface area contributed by atoms with E-state index in [-0.39, 0.29) is 5.91 Å². The zero-order valence-corrected chi connectivity index (χ0v) is 11.5. The van der Waals surface area contributed by atoms with Gasteiger partial charge in [0.2, 0.25) is 0 Å². The quantitative estimate of drug-likeness (QED) is 0.337. The number of unbranched alkanes of at least 4 members (excludes halogenated alkanes) is 1. The first-order chi connectivity index (χ1) is 9.22. The van der Waals surface area contributed by atoms with Crippen LogP contribution in [0.3, 0.4) is 0 Å². The molecule has 0 saturated carbocycles. The number of carbonyl (C=O) groups is 1. The maximum atomic E-state index is 12.0. The van der Waals surface area contributed by atoms with Crippen molar-refractivity contribution < 1.29 is 4.79 Å². The third-order valence-electron chi connectivity index (χ3n) is 2.76. The van der Waals surface area contributed by atoms with Crippen LogP contribution in [0.25, 0.3) is 10.4 Å². The zero-order valence-electron chi connectivity index (χ0n) is 11.5. The van der Waals surface area contributed by atoms with Gasteiger partial charge in [0.1, 0.15) is 5.69 Å². The Kier molecular flexibility index (Phi) is 6.46. The molecule has 7 heteroatoms. The van der Waals surface area contributed by atoms with Gasteiger partial charge in [0.25, 0.3) is 5.91 Å². The monoisotopic (exact) mass is 264 g/mol. The van der Waals surface area contributed by atoms with Gasteiger partial charge in [-0.25, -0.2) is 0 Å². The first-order valence-corrected chi connectivity index (χ1v) is 6.58. The van der Waals surface area contributed by atoms with Gasteiger partial charge in [0, 0.05) is 24.5 Å². The second-order valence-corrected chi connectivity index (χ2v) is 4.11. The summed E-state index contributed by atoms with van der Waals surface area (Å²) < 4.78 is 1.72. The Morgan fingerprint density at radius 2 is 2.32 bits per heavy atom. The van der Waals surface area contributed by atoms with Crippen LogP contribution in [0.15, 0.2) is 11.2 Å². The fraction of sp³-hybridized carbons (Fsp3) is 0.667. The molecule has 1 amide bonds. The van der Waals surface area contributed by atoms with Crippen molar-refractivity contribution in [2.24, 2.45) is 5.11 Å². The van der Waals surface area contributed by atoms with Crippen molar-refractivity contribution in [1.29, 1.82) is 0 Å². The van der Waals surface area contributed by atoms with Gasteiger partial charge in [0.05, 0.1) is 5.69 Å². The number of hydrogen-bond acceptors (Lipinski definition) is 3. The molecule has 19 heavy (non-hydrogen) atoms. The van der Waals surface area contributed by atoms with Crippen LogP contribution in [0.4, 0.5) is 0 Å².